The lowest BCUT2D eigenvalue weighted by Gasteiger charge is -2.08. The summed E-state index contributed by atoms with van der Waals surface area (Å²) in [6, 6.07) is 9.17. The van der Waals surface area contributed by atoms with E-state index in [4.69, 9.17) is 4.74 Å². The maximum absolute atomic E-state index is 11.9. The number of carbonyl (C=O) groups is 1. The largest absolute Gasteiger partial charge is 0.383 e. The van der Waals surface area contributed by atoms with E-state index in [9.17, 15) is 4.79 Å². The Bertz CT molecular complexity index is 621. The molecule has 1 heterocycles. The molecular formula is C14H15BrN4O2. The minimum atomic E-state index is -0.260. The van der Waals surface area contributed by atoms with Gasteiger partial charge in [-0.1, -0.05) is 12.1 Å². The van der Waals surface area contributed by atoms with Gasteiger partial charge in [-0.3, -0.25) is 4.79 Å². The van der Waals surface area contributed by atoms with Gasteiger partial charge in [0.1, 0.15) is 5.69 Å². The zero-order valence-electron chi connectivity index (χ0n) is 11.5. The van der Waals surface area contributed by atoms with Crippen molar-refractivity contribution in [3.63, 3.8) is 0 Å². The summed E-state index contributed by atoms with van der Waals surface area (Å²) in [6.45, 7) is 0.894. The van der Waals surface area contributed by atoms with E-state index in [0.717, 1.165) is 10.2 Å². The number of anilines is 2. The van der Waals surface area contributed by atoms with Crippen LogP contribution in [0.3, 0.4) is 0 Å². The van der Waals surface area contributed by atoms with Crippen molar-refractivity contribution in [2.24, 2.45) is 0 Å². The second kappa shape index (κ2) is 7.70. The lowest BCUT2D eigenvalue weighted by Crippen LogP contribution is -2.27. The van der Waals surface area contributed by atoms with Crippen LogP contribution in [0.4, 0.5) is 11.6 Å². The Morgan fingerprint density at radius 1 is 1.33 bits per heavy atom. The fourth-order valence-electron chi connectivity index (χ4n) is 1.59. The van der Waals surface area contributed by atoms with Gasteiger partial charge in [-0.05, 0) is 34.1 Å². The quantitative estimate of drug-likeness (QED) is 0.782. The number of halogens is 1. The molecule has 0 atom stereocenters. The third-order valence-corrected chi connectivity index (χ3v) is 3.29. The van der Waals surface area contributed by atoms with E-state index in [1.807, 2.05) is 24.3 Å². The van der Waals surface area contributed by atoms with Crippen molar-refractivity contribution in [1.82, 2.24) is 15.3 Å². The summed E-state index contributed by atoms with van der Waals surface area (Å²) in [7, 11) is 1.58. The van der Waals surface area contributed by atoms with Gasteiger partial charge in [0.15, 0.2) is 0 Å². The molecule has 2 rings (SSSR count). The minimum Gasteiger partial charge on any atom is -0.383 e. The Morgan fingerprint density at radius 3 is 2.90 bits per heavy atom. The summed E-state index contributed by atoms with van der Waals surface area (Å²) in [4.78, 5) is 20.2. The van der Waals surface area contributed by atoms with Gasteiger partial charge in [0.2, 0.25) is 5.95 Å². The van der Waals surface area contributed by atoms with Crippen molar-refractivity contribution in [3.05, 3.63) is 46.7 Å². The van der Waals surface area contributed by atoms with Crippen molar-refractivity contribution >= 4 is 33.5 Å². The fourth-order valence-corrected chi connectivity index (χ4v) is 1.97. The molecule has 7 heteroatoms. The number of nitrogens with zero attached hydrogens (tertiary/aromatic N) is 2. The van der Waals surface area contributed by atoms with Crippen molar-refractivity contribution in [1.29, 1.82) is 0 Å². The molecule has 0 aliphatic rings. The lowest BCUT2D eigenvalue weighted by molar-refractivity contribution is 0.0932. The van der Waals surface area contributed by atoms with Crippen LogP contribution >= 0.6 is 15.9 Å². The molecule has 0 radical (unpaired) electrons. The number of aromatic nitrogens is 2. The van der Waals surface area contributed by atoms with E-state index < -0.39 is 0 Å². The number of benzene rings is 1. The van der Waals surface area contributed by atoms with Gasteiger partial charge < -0.3 is 15.4 Å². The van der Waals surface area contributed by atoms with Crippen LogP contribution in [0.5, 0.6) is 0 Å². The number of rotatable bonds is 6. The Labute approximate surface area is 131 Å². The molecule has 0 bridgehead atoms. The maximum Gasteiger partial charge on any atom is 0.270 e. The molecule has 0 saturated carbocycles. The average molecular weight is 351 g/mol. The van der Waals surface area contributed by atoms with E-state index in [1.165, 1.54) is 6.20 Å². The molecule has 21 heavy (non-hydrogen) atoms. The van der Waals surface area contributed by atoms with Crippen LogP contribution in [0.1, 0.15) is 10.5 Å². The number of hydrogen-bond donors (Lipinski definition) is 2. The first-order chi connectivity index (χ1) is 10.2. The van der Waals surface area contributed by atoms with Gasteiger partial charge in [-0.2, -0.15) is 0 Å². The van der Waals surface area contributed by atoms with Crippen molar-refractivity contribution in [2.75, 3.05) is 25.6 Å². The zero-order valence-corrected chi connectivity index (χ0v) is 13.1. The molecule has 2 N–H and O–H groups in total. The first kappa shape index (κ1) is 15.4. The molecule has 0 aliphatic heterocycles. The highest BCUT2D eigenvalue weighted by Crippen LogP contribution is 2.23. The van der Waals surface area contributed by atoms with Crippen LogP contribution in [0, 0.1) is 0 Å². The second-order valence-electron chi connectivity index (χ2n) is 4.12. The van der Waals surface area contributed by atoms with Gasteiger partial charge >= 0.3 is 0 Å². The van der Waals surface area contributed by atoms with Crippen LogP contribution in [-0.4, -0.2) is 36.1 Å². The van der Waals surface area contributed by atoms with Gasteiger partial charge in [0.05, 0.1) is 12.3 Å². The SMILES string of the molecule is COCCNC(=O)c1ccnc(Nc2ccccc2Br)n1. The smallest absolute Gasteiger partial charge is 0.270 e. The lowest BCUT2D eigenvalue weighted by atomic mass is 10.3. The average Bonchev–Trinajstić information content (AvgIpc) is 2.50. The Kier molecular flexibility index (Phi) is 5.65. The van der Waals surface area contributed by atoms with Gasteiger partial charge in [-0.25, -0.2) is 9.97 Å². The highest BCUT2D eigenvalue weighted by atomic mass is 79.9. The number of methoxy groups -OCH3 is 1. The molecule has 0 fully saturated rings. The van der Waals surface area contributed by atoms with E-state index >= 15 is 0 Å². The highest BCUT2D eigenvalue weighted by molar-refractivity contribution is 9.10. The maximum atomic E-state index is 11.9. The van der Waals surface area contributed by atoms with Crippen molar-refractivity contribution in [3.8, 4) is 0 Å². The number of ether oxygens (including phenoxy) is 1. The number of carbonyl (C=O) groups excluding carboxylic acids is 1. The molecule has 6 nitrogen and oxygen atoms in total. The molecule has 1 aromatic carbocycles. The zero-order chi connectivity index (χ0) is 15.1. The monoisotopic (exact) mass is 350 g/mol. The van der Waals surface area contributed by atoms with Gasteiger partial charge in [-0.15, -0.1) is 0 Å². The predicted molar refractivity (Wildman–Crippen MR) is 83.7 cm³/mol. The molecule has 0 unspecified atom stereocenters. The summed E-state index contributed by atoms with van der Waals surface area (Å²) in [5.41, 5.74) is 1.13. The summed E-state index contributed by atoms with van der Waals surface area (Å²) in [5, 5.41) is 5.77. The van der Waals surface area contributed by atoms with E-state index in [2.05, 4.69) is 36.5 Å². The number of amides is 1. The molecule has 0 saturated heterocycles. The van der Waals surface area contributed by atoms with E-state index in [1.54, 1.807) is 13.2 Å². The molecule has 0 aliphatic carbocycles. The molecule has 1 aromatic heterocycles. The molecule has 0 spiro atoms. The van der Waals surface area contributed by atoms with Crippen molar-refractivity contribution in [2.45, 2.75) is 0 Å². The van der Waals surface area contributed by atoms with Gasteiger partial charge in [0.25, 0.3) is 5.91 Å². The molecule has 110 valence electrons. The number of nitrogens with one attached hydrogen (secondary N) is 2. The van der Waals surface area contributed by atoms with E-state index in [-0.39, 0.29) is 5.91 Å². The molecule has 2 aromatic rings. The van der Waals surface area contributed by atoms with Crippen LogP contribution in [-0.2, 0) is 4.74 Å². The molecular weight excluding hydrogens is 336 g/mol. The topological polar surface area (TPSA) is 76.1 Å². The Morgan fingerprint density at radius 2 is 2.14 bits per heavy atom. The van der Waals surface area contributed by atoms with Gasteiger partial charge in [0, 0.05) is 24.3 Å². The Balaban J connectivity index is 2.07. The number of hydrogen-bond acceptors (Lipinski definition) is 5. The third kappa shape index (κ3) is 4.51. The van der Waals surface area contributed by atoms with Crippen LogP contribution in [0.15, 0.2) is 41.0 Å². The predicted octanol–water partition coefficient (Wildman–Crippen LogP) is 2.36. The fraction of sp³-hybridized carbons (Fsp3) is 0.214. The normalized spacial score (nSPS) is 10.2. The summed E-state index contributed by atoms with van der Waals surface area (Å²) < 4.78 is 5.77. The highest BCUT2D eigenvalue weighted by Gasteiger charge is 2.09. The van der Waals surface area contributed by atoms with Crippen LogP contribution in [0.25, 0.3) is 0 Å². The first-order valence-electron chi connectivity index (χ1n) is 6.32. The Hall–Kier alpha value is -1.99. The molecule has 1 amide bonds. The van der Waals surface area contributed by atoms with Crippen molar-refractivity contribution < 1.29 is 9.53 Å². The standard InChI is InChI=1S/C14H15BrN4O2/c1-21-9-8-16-13(20)12-6-7-17-14(19-12)18-11-5-3-2-4-10(11)15/h2-7H,8-9H2,1H3,(H,16,20)(H,17,18,19). The second-order valence-corrected chi connectivity index (χ2v) is 4.97. The summed E-state index contributed by atoms with van der Waals surface area (Å²) >= 11 is 3.43. The van der Waals surface area contributed by atoms with Crippen LogP contribution in [0.2, 0.25) is 0 Å². The van der Waals surface area contributed by atoms with Crippen LogP contribution < -0.4 is 10.6 Å². The summed E-state index contributed by atoms with van der Waals surface area (Å²) in [6.07, 6.45) is 1.54. The summed E-state index contributed by atoms with van der Waals surface area (Å²) in [5.74, 6) is 0.103. The number of para-hydroxylation sites is 1. The third-order valence-electron chi connectivity index (χ3n) is 2.60. The minimum absolute atomic E-state index is 0.260. The first-order valence-corrected chi connectivity index (χ1v) is 7.11. The van der Waals surface area contributed by atoms with E-state index in [0.29, 0.717) is 24.8 Å².